The van der Waals surface area contributed by atoms with E-state index in [-0.39, 0.29) is 0 Å². The molecule has 0 amide bonds. The van der Waals surface area contributed by atoms with Gasteiger partial charge in [-0.1, -0.05) is 31.2 Å². The van der Waals surface area contributed by atoms with E-state index in [1.807, 2.05) is 24.3 Å². The second kappa shape index (κ2) is 6.52. The summed E-state index contributed by atoms with van der Waals surface area (Å²) in [5.41, 5.74) is 1.00. The Morgan fingerprint density at radius 1 is 1.39 bits per heavy atom. The van der Waals surface area contributed by atoms with Gasteiger partial charge in [0.15, 0.2) is 0 Å². The highest BCUT2D eigenvalue weighted by Crippen LogP contribution is 2.27. The minimum Gasteiger partial charge on any atom is -0.312 e. The van der Waals surface area contributed by atoms with Crippen molar-refractivity contribution in [3.63, 3.8) is 0 Å². The highest BCUT2D eigenvalue weighted by atomic mass is 32.2. The normalized spacial score (nSPS) is 12.5. The van der Waals surface area contributed by atoms with Crippen LogP contribution >= 0.6 is 11.8 Å². The lowest BCUT2D eigenvalue weighted by Crippen LogP contribution is -2.22. The maximum Gasteiger partial charge on any atom is 0.117 e. The van der Waals surface area contributed by atoms with E-state index in [1.54, 1.807) is 18.1 Å². The molecule has 94 valence electrons. The first-order valence-corrected chi connectivity index (χ1v) is 6.87. The Kier molecular flexibility index (Phi) is 4.73. The number of rotatable bonds is 6. The van der Waals surface area contributed by atoms with Crippen molar-refractivity contribution < 1.29 is 0 Å². The first-order chi connectivity index (χ1) is 8.81. The van der Waals surface area contributed by atoms with E-state index < -0.39 is 0 Å². The van der Waals surface area contributed by atoms with E-state index in [0.717, 1.165) is 29.0 Å². The molecule has 1 atom stereocenters. The standard InChI is InChI=1S/C14H17N3S/c1-3-8-15-9-11(2)18-14-12-6-4-5-7-13(12)16-10-17-14/h3-7,10-11,15H,1,8-9H2,2H3. The van der Waals surface area contributed by atoms with E-state index in [0.29, 0.717) is 5.25 Å². The summed E-state index contributed by atoms with van der Waals surface area (Å²) in [6, 6.07) is 8.11. The lowest BCUT2D eigenvalue weighted by atomic mass is 10.2. The number of thioether (sulfide) groups is 1. The second-order valence-electron chi connectivity index (χ2n) is 4.07. The highest BCUT2D eigenvalue weighted by Gasteiger charge is 2.08. The smallest absolute Gasteiger partial charge is 0.117 e. The van der Waals surface area contributed by atoms with Gasteiger partial charge in [0.1, 0.15) is 11.4 Å². The third kappa shape index (κ3) is 3.31. The van der Waals surface area contributed by atoms with Crippen molar-refractivity contribution in [1.82, 2.24) is 15.3 Å². The number of nitrogens with one attached hydrogen (secondary N) is 1. The molecule has 0 saturated heterocycles. The van der Waals surface area contributed by atoms with Gasteiger partial charge in [-0.2, -0.15) is 0 Å². The third-order valence-electron chi connectivity index (χ3n) is 2.54. The van der Waals surface area contributed by atoms with Crippen LogP contribution in [-0.2, 0) is 0 Å². The molecule has 0 bridgehead atoms. The van der Waals surface area contributed by atoms with Gasteiger partial charge in [-0.3, -0.25) is 0 Å². The van der Waals surface area contributed by atoms with Crippen LogP contribution in [0, 0.1) is 0 Å². The predicted molar refractivity (Wildman–Crippen MR) is 77.9 cm³/mol. The van der Waals surface area contributed by atoms with Gasteiger partial charge in [-0.15, -0.1) is 18.3 Å². The van der Waals surface area contributed by atoms with Gasteiger partial charge < -0.3 is 5.32 Å². The van der Waals surface area contributed by atoms with Crippen LogP contribution in [-0.4, -0.2) is 28.3 Å². The van der Waals surface area contributed by atoms with Crippen LogP contribution in [0.15, 0.2) is 48.3 Å². The molecular formula is C14H17N3S. The molecule has 0 radical (unpaired) electrons. The van der Waals surface area contributed by atoms with Crippen LogP contribution in [0.1, 0.15) is 6.92 Å². The van der Waals surface area contributed by atoms with Gasteiger partial charge in [0.2, 0.25) is 0 Å². The quantitative estimate of drug-likeness (QED) is 0.375. The summed E-state index contributed by atoms with van der Waals surface area (Å²) in [4.78, 5) is 8.65. The molecule has 3 nitrogen and oxygen atoms in total. The van der Waals surface area contributed by atoms with Crippen molar-refractivity contribution in [2.24, 2.45) is 0 Å². The number of para-hydroxylation sites is 1. The average molecular weight is 259 g/mol. The summed E-state index contributed by atoms with van der Waals surface area (Å²) in [6.07, 6.45) is 3.51. The van der Waals surface area contributed by atoms with Gasteiger partial charge in [-0.05, 0) is 6.07 Å². The molecule has 1 aromatic heterocycles. The molecule has 0 aliphatic carbocycles. The number of hydrogen-bond donors (Lipinski definition) is 1. The molecule has 0 aliphatic heterocycles. The maximum absolute atomic E-state index is 4.38. The Morgan fingerprint density at radius 3 is 3.06 bits per heavy atom. The lowest BCUT2D eigenvalue weighted by molar-refractivity contribution is 0.740. The van der Waals surface area contributed by atoms with Crippen molar-refractivity contribution in [3.05, 3.63) is 43.2 Å². The molecule has 1 N–H and O–H groups in total. The van der Waals surface area contributed by atoms with Crippen molar-refractivity contribution in [2.75, 3.05) is 13.1 Å². The summed E-state index contributed by atoms with van der Waals surface area (Å²) in [5.74, 6) is 0. The zero-order valence-electron chi connectivity index (χ0n) is 10.5. The Hall–Kier alpha value is -1.39. The van der Waals surface area contributed by atoms with Gasteiger partial charge in [0, 0.05) is 23.7 Å². The largest absolute Gasteiger partial charge is 0.312 e. The molecule has 1 aromatic carbocycles. The minimum atomic E-state index is 0.461. The highest BCUT2D eigenvalue weighted by molar-refractivity contribution is 8.00. The second-order valence-corrected chi connectivity index (χ2v) is 5.50. The fourth-order valence-electron chi connectivity index (χ4n) is 1.69. The molecule has 0 spiro atoms. The van der Waals surface area contributed by atoms with E-state index in [9.17, 15) is 0 Å². The monoisotopic (exact) mass is 259 g/mol. The lowest BCUT2D eigenvalue weighted by Gasteiger charge is -2.12. The number of nitrogens with zero attached hydrogens (tertiary/aromatic N) is 2. The average Bonchev–Trinajstić information content (AvgIpc) is 2.39. The summed E-state index contributed by atoms with van der Waals surface area (Å²) in [6.45, 7) is 7.67. The fourth-order valence-corrected chi connectivity index (χ4v) is 2.68. The van der Waals surface area contributed by atoms with Crippen molar-refractivity contribution >= 4 is 22.7 Å². The maximum atomic E-state index is 4.38. The molecular weight excluding hydrogens is 242 g/mol. The molecule has 2 rings (SSSR count). The summed E-state index contributed by atoms with van der Waals surface area (Å²) in [7, 11) is 0. The Labute approximate surface area is 112 Å². The summed E-state index contributed by atoms with van der Waals surface area (Å²) in [5, 5.41) is 5.96. The number of fused-ring (bicyclic) bond motifs is 1. The van der Waals surface area contributed by atoms with Gasteiger partial charge >= 0.3 is 0 Å². The zero-order chi connectivity index (χ0) is 12.8. The van der Waals surface area contributed by atoms with Crippen molar-refractivity contribution in [2.45, 2.75) is 17.2 Å². The SMILES string of the molecule is C=CCNCC(C)Sc1ncnc2ccccc12. The van der Waals surface area contributed by atoms with Gasteiger partial charge in [0.05, 0.1) is 5.52 Å². The molecule has 18 heavy (non-hydrogen) atoms. The summed E-state index contributed by atoms with van der Waals surface area (Å²) >= 11 is 1.78. The van der Waals surface area contributed by atoms with E-state index >= 15 is 0 Å². The van der Waals surface area contributed by atoms with E-state index in [4.69, 9.17) is 0 Å². The Morgan fingerprint density at radius 2 is 2.22 bits per heavy atom. The number of aromatic nitrogens is 2. The Bertz CT molecular complexity index is 522. The van der Waals surface area contributed by atoms with E-state index in [2.05, 4.69) is 34.9 Å². The molecule has 0 saturated carbocycles. The van der Waals surface area contributed by atoms with Gasteiger partial charge in [-0.25, -0.2) is 9.97 Å². The van der Waals surface area contributed by atoms with Crippen LogP contribution in [0.4, 0.5) is 0 Å². The third-order valence-corrected chi connectivity index (χ3v) is 3.66. The first-order valence-electron chi connectivity index (χ1n) is 5.99. The van der Waals surface area contributed by atoms with E-state index in [1.165, 1.54) is 0 Å². The molecule has 0 fully saturated rings. The summed E-state index contributed by atoms with van der Waals surface area (Å²) < 4.78 is 0. The number of hydrogen-bond acceptors (Lipinski definition) is 4. The van der Waals surface area contributed by atoms with Crippen LogP contribution in [0.5, 0.6) is 0 Å². The minimum absolute atomic E-state index is 0.461. The molecule has 0 aliphatic rings. The van der Waals surface area contributed by atoms with Crippen LogP contribution in [0.2, 0.25) is 0 Å². The zero-order valence-corrected chi connectivity index (χ0v) is 11.3. The number of benzene rings is 1. The van der Waals surface area contributed by atoms with Crippen LogP contribution < -0.4 is 5.32 Å². The van der Waals surface area contributed by atoms with Crippen molar-refractivity contribution in [3.8, 4) is 0 Å². The van der Waals surface area contributed by atoms with Crippen molar-refractivity contribution in [1.29, 1.82) is 0 Å². The van der Waals surface area contributed by atoms with Gasteiger partial charge in [0.25, 0.3) is 0 Å². The topological polar surface area (TPSA) is 37.8 Å². The molecule has 2 aromatic rings. The molecule has 1 unspecified atom stereocenters. The van der Waals surface area contributed by atoms with Crippen LogP contribution in [0.25, 0.3) is 10.9 Å². The fraction of sp³-hybridized carbons (Fsp3) is 0.286. The molecule has 4 heteroatoms. The Balaban J connectivity index is 2.09. The predicted octanol–water partition coefficient (Wildman–Crippen LogP) is 2.89. The first kappa shape index (κ1) is 13.1. The molecule has 1 heterocycles. The van der Waals surface area contributed by atoms with Crippen LogP contribution in [0.3, 0.4) is 0 Å².